The van der Waals surface area contributed by atoms with Gasteiger partial charge in [-0.25, -0.2) is 0 Å². The highest BCUT2D eigenvalue weighted by Crippen LogP contribution is 2.39. The van der Waals surface area contributed by atoms with Crippen molar-refractivity contribution in [1.82, 2.24) is 0 Å². The molecule has 0 bridgehead atoms. The fourth-order valence-electron chi connectivity index (χ4n) is 0.821. The Morgan fingerprint density at radius 1 is 1.00 bits per heavy atom. The first kappa shape index (κ1) is 8.16. The van der Waals surface area contributed by atoms with Crippen LogP contribution in [0.15, 0.2) is 13.2 Å². The third-order valence-corrected chi connectivity index (χ3v) is 6.53. The molecule has 1 aliphatic heterocycles. The maximum Gasteiger partial charge on any atom is 0.289 e. The van der Waals surface area contributed by atoms with Crippen molar-refractivity contribution in [3.05, 3.63) is 8.85 Å². The Hall–Kier alpha value is 0.550. The molecule has 0 atom stereocenters. The molecule has 0 N–H and O–H groups in total. The van der Waals surface area contributed by atoms with E-state index in [4.69, 9.17) is 0 Å². The van der Waals surface area contributed by atoms with Crippen molar-refractivity contribution in [3.63, 3.8) is 0 Å². The van der Waals surface area contributed by atoms with Gasteiger partial charge in [0.2, 0.25) is 0 Å². The molecule has 0 fully saturated rings. The van der Waals surface area contributed by atoms with Crippen LogP contribution in [0, 0.1) is 0 Å². The SMILES string of the molecule is O=c1sc2c(s1)SCCCS2. The van der Waals surface area contributed by atoms with E-state index in [-0.39, 0.29) is 4.06 Å². The normalized spacial score (nSPS) is 17.5. The molecule has 0 amide bonds. The molecule has 1 aliphatic rings. The molecular weight excluding hydrogens is 216 g/mol. The minimum Gasteiger partial charge on any atom is -0.265 e. The fraction of sp³-hybridized carbons (Fsp3) is 0.500. The van der Waals surface area contributed by atoms with E-state index in [0.29, 0.717) is 0 Å². The summed E-state index contributed by atoms with van der Waals surface area (Å²) in [6.45, 7) is 0. The summed E-state index contributed by atoms with van der Waals surface area (Å²) in [4.78, 5) is 11.0. The van der Waals surface area contributed by atoms with E-state index in [0.717, 1.165) is 0 Å². The van der Waals surface area contributed by atoms with Gasteiger partial charge in [0.05, 0.1) is 8.42 Å². The third-order valence-electron chi connectivity index (χ3n) is 1.27. The second-order valence-electron chi connectivity index (χ2n) is 2.08. The second-order valence-corrected chi connectivity index (χ2v) is 7.03. The Labute approximate surface area is 81.2 Å². The predicted molar refractivity (Wildman–Crippen MR) is 54.5 cm³/mol. The van der Waals surface area contributed by atoms with E-state index < -0.39 is 0 Å². The van der Waals surface area contributed by atoms with Gasteiger partial charge in [0, 0.05) is 0 Å². The molecule has 0 aliphatic carbocycles. The molecule has 1 aromatic heterocycles. The van der Waals surface area contributed by atoms with Gasteiger partial charge in [-0.2, -0.15) is 0 Å². The van der Waals surface area contributed by atoms with Crippen molar-refractivity contribution >= 4 is 46.2 Å². The average molecular weight is 222 g/mol. The Kier molecular flexibility index (Phi) is 2.61. The highest BCUT2D eigenvalue weighted by atomic mass is 32.2. The second kappa shape index (κ2) is 3.51. The van der Waals surface area contributed by atoms with Crippen LogP contribution in [0.4, 0.5) is 0 Å². The smallest absolute Gasteiger partial charge is 0.265 e. The van der Waals surface area contributed by atoms with Gasteiger partial charge in [-0.1, -0.05) is 22.7 Å². The lowest BCUT2D eigenvalue weighted by molar-refractivity contribution is 1.13. The maximum absolute atomic E-state index is 11.0. The Morgan fingerprint density at radius 2 is 1.55 bits per heavy atom. The first-order valence-corrected chi connectivity index (χ1v) is 6.86. The first-order valence-electron chi connectivity index (χ1n) is 3.26. The molecule has 1 aromatic rings. The molecule has 2 heterocycles. The average Bonchev–Trinajstić information content (AvgIpc) is 2.17. The molecular formula is C6H6OS4. The molecule has 11 heavy (non-hydrogen) atoms. The topological polar surface area (TPSA) is 17.1 Å². The minimum atomic E-state index is 0.247. The van der Waals surface area contributed by atoms with Crippen molar-refractivity contribution in [2.24, 2.45) is 0 Å². The van der Waals surface area contributed by atoms with E-state index >= 15 is 0 Å². The highest BCUT2D eigenvalue weighted by Gasteiger charge is 2.12. The predicted octanol–water partition coefficient (Wildman–Crippen LogP) is 2.76. The van der Waals surface area contributed by atoms with Crippen LogP contribution in [0.3, 0.4) is 0 Å². The highest BCUT2D eigenvalue weighted by molar-refractivity contribution is 8.05. The molecule has 60 valence electrons. The first-order chi connectivity index (χ1) is 5.36. The van der Waals surface area contributed by atoms with Crippen LogP contribution in [0.1, 0.15) is 6.42 Å². The van der Waals surface area contributed by atoms with Crippen LogP contribution >= 0.6 is 46.2 Å². The summed E-state index contributed by atoms with van der Waals surface area (Å²) < 4.78 is 2.75. The lowest BCUT2D eigenvalue weighted by atomic mass is 10.6. The Morgan fingerprint density at radius 3 is 2.09 bits per heavy atom. The summed E-state index contributed by atoms with van der Waals surface area (Å²) in [5, 5.41) is 0. The van der Waals surface area contributed by atoms with Gasteiger partial charge < -0.3 is 0 Å². The number of hydrogen-bond acceptors (Lipinski definition) is 5. The molecule has 0 saturated heterocycles. The summed E-state index contributed by atoms with van der Waals surface area (Å²) in [6.07, 6.45) is 1.26. The number of hydrogen-bond donors (Lipinski definition) is 0. The molecule has 0 unspecified atom stereocenters. The van der Waals surface area contributed by atoms with Gasteiger partial charge in [-0.3, -0.25) is 4.79 Å². The van der Waals surface area contributed by atoms with E-state index in [1.54, 1.807) is 0 Å². The van der Waals surface area contributed by atoms with Crippen molar-refractivity contribution in [1.29, 1.82) is 0 Å². The van der Waals surface area contributed by atoms with Crippen LogP contribution < -0.4 is 4.06 Å². The zero-order valence-corrected chi connectivity index (χ0v) is 8.93. The van der Waals surface area contributed by atoms with Crippen LogP contribution in [-0.2, 0) is 0 Å². The van der Waals surface area contributed by atoms with Gasteiger partial charge in [-0.15, -0.1) is 23.5 Å². The Balaban J connectivity index is 2.39. The molecule has 0 radical (unpaired) electrons. The van der Waals surface area contributed by atoms with Crippen molar-refractivity contribution in [2.75, 3.05) is 11.5 Å². The minimum absolute atomic E-state index is 0.247. The van der Waals surface area contributed by atoms with Crippen molar-refractivity contribution in [2.45, 2.75) is 14.8 Å². The van der Waals surface area contributed by atoms with E-state index in [1.807, 2.05) is 23.5 Å². The molecule has 5 heteroatoms. The van der Waals surface area contributed by atoms with Crippen LogP contribution in [-0.4, -0.2) is 11.5 Å². The summed E-state index contributed by atoms with van der Waals surface area (Å²) in [5.41, 5.74) is 0. The largest absolute Gasteiger partial charge is 0.289 e. The molecule has 0 spiro atoms. The number of fused-ring (bicyclic) bond motifs is 1. The van der Waals surface area contributed by atoms with Crippen molar-refractivity contribution in [3.8, 4) is 0 Å². The lowest BCUT2D eigenvalue weighted by Crippen LogP contribution is -1.79. The van der Waals surface area contributed by atoms with Crippen LogP contribution in [0.2, 0.25) is 0 Å². The lowest BCUT2D eigenvalue weighted by Gasteiger charge is -1.89. The summed E-state index contributed by atoms with van der Waals surface area (Å²) in [6, 6.07) is 0. The number of rotatable bonds is 0. The van der Waals surface area contributed by atoms with Gasteiger partial charge in [0.15, 0.2) is 0 Å². The standard InChI is InChI=1S/C6H6OS4/c7-6-10-4-5(11-6)9-3-1-2-8-4/h1-3H2. The monoisotopic (exact) mass is 222 g/mol. The van der Waals surface area contributed by atoms with Gasteiger partial charge in [0.25, 0.3) is 4.06 Å². The zero-order chi connectivity index (χ0) is 7.68. The van der Waals surface area contributed by atoms with Gasteiger partial charge in [-0.05, 0) is 17.9 Å². The quantitative estimate of drug-likeness (QED) is 0.672. The van der Waals surface area contributed by atoms with Crippen LogP contribution in [0.5, 0.6) is 0 Å². The van der Waals surface area contributed by atoms with Gasteiger partial charge >= 0.3 is 0 Å². The van der Waals surface area contributed by atoms with E-state index in [2.05, 4.69) is 0 Å². The van der Waals surface area contributed by atoms with Crippen molar-refractivity contribution < 1.29 is 0 Å². The number of thioether (sulfide) groups is 2. The van der Waals surface area contributed by atoms with E-state index in [9.17, 15) is 4.79 Å². The molecule has 1 nitrogen and oxygen atoms in total. The fourth-order valence-corrected chi connectivity index (χ4v) is 6.27. The Bertz CT molecular complexity index is 273. The summed E-state index contributed by atoms with van der Waals surface area (Å²) >= 11 is 6.49. The third kappa shape index (κ3) is 1.83. The summed E-state index contributed by atoms with van der Waals surface area (Å²) in [7, 11) is 0. The van der Waals surface area contributed by atoms with E-state index in [1.165, 1.54) is 49.0 Å². The van der Waals surface area contributed by atoms with Crippen LogP contribution in [0.25, 0.3) is 0 Å². The van der Waals surface area contributed by atoms with Gasteiger partial charge in [0.1, 0.15) is 0 Å². The molecule has 2 rings (SSSR count). The summed E-state index contributed by atoms with van der Waals surface area (Å²) in [5.74, 6) is 2.35. The molecule has 0 saturated carbocycles. The maximum atomic E-state index is 11.0. The zero-order valence-electron chi connectivity index (χ0n) is 5.66. The molecule has 0 aromatic carbocycles.